The van der Waals surface area contributed by atoms with Crippen molar-refractivity contribution in [1.82, 2.24) is 0 Å². The first-order valence-corrected chi connectivity index (χ1v) is 5.86. The van der Waals surface area contributed by atoms with Crippen LogP contribution in [0, 0.1) is 17.6 Å². The van der Waals surface area contributed by atoms with Crippen LogP contribution in [0.25, 0.3) is 0 Å². The topological polar surface area (TPSA) is 29.1 Å². The number of halogens is 2. The summed E-state index contributed by atoms with van der Waals surface area (Å²) < 4.78 is 26.2. The Kier molecular flexibility index (Phi) is 3.71. The highest BCUT2D eigenvalue weighted by molar-refractivity contribution is 5.79. The van der Waals surface area contributed by atoms with Gasteiger partial charge in [-0.2, -0.15) is 0 Å². The molecular weight excluding hydrogens is 224 g/mol. The van der Waals surface area contributed by atoms with Gasteiger partial charge in [0.2, 0.25) is 0 Å². The molecule has 0 bridgehead atoms. The van der Waals surface area contributed by atoms with E-state index >= 15 is 0 Å². The van der Waals surface area contributed by atoms with Crippen molar-refractivity contribution >= 4 is 11.5 Å². The lowest BCUT2D eigenvalue weighted by Gasteiger charge is -2.21. The maximum Gasteiger partial charge on any atom is 0.146 e. The molecule has 0 saturated heterocycles. The van der Waals surface area contributed by atoms with Crippen molar-refractivity contribution < 1.29 is 13.6 Å². The molecule has 1 aromatic rings. The Morgan fingerprint density at radius 3 is 2.65 bits per heavy atom. The maximum atomic E-state index is 13.3. The Morgan fingerprint density at radius 1 is 1.24 bits per heavy atom. The molecule has 0 aliphatic heterocycles. The lowest BCUT2D eigenvalue weighted by molar-refractivity contribution is -0.120. The number of carbonyl (C=O) groups is 1. The van der Waals surface area contributed by atoms with Crippen LogP contribution < -0.4 is 5.32 Å². The summed E-state index contributed by atoms with van der Waals surface area (Å²) in [6, 6.07) is 3.37. The molecule has 0 amide bonds. The highest BCUT2D eigenvalue weighted by atomic mass is 19.1. The van der Waals surface area contributed by atoms with Crippen LogP contribution in [0.2, 0.25) is 0 Å². The largest absolute Gasteiger partial charge is 0.382 e. The molecule has 1 aliphatic rings. The number of rotatable bonds is 3. The summed E-state index contributed by atoms with van der Waals surface area (Å²) in [5, 5.41) is 2.91. The molecule has 0 aromatic heterocycles. The highest BCUT2D eigenvalue weighted by Crippen LogP contribution is 2.23. The van der Waals surface area contributed by atoms with Gasteiger partial charge in [-0.05, 0) is 37.0 Å². The SMILES string of the molecule is O=C1CCC(CNc2cc(F)ccc2F)CC1. The summed E-state index contributed by atoms with van der Waals surface area (Å²) in [5.74, 6) is -0.223. The lowest BCUT2D eigenvalue weighted by Crippen LogP contribution is -2.21. The van der Waals surface area contributed by atoms with E-state index in [1.165, 1.54) is 0 Å². The number of Topliss-reactive ketones (excluding diaryl/α,β-unsaturated/α-hetero) is 1. The first kappa shape index (κ1) is 12.0. The fraction of sp³-hybridized carbons (Fsp3) is 0.462. The third-order valence-electron chi connectivity index (χ3n) is 3.17. The minimum absolute atomic E-state index is 0.196. The van der Waals surface area contributed by atoms with Crippen molar-refractivity contribution in [1.29, 1.82) is 0 Å². The van der Waals surface area contributed by atoms with Gasteiger partial charge in [0.05, 0.1) is 5.69 Å². The average molecular weight is 239 g/mol. The summed E-state index contributed by atoms with van der Waals surface area (Å²) >= 11 is 0. The molecule has 2 rings (SSSR count). The van der Waals surface area contributed by atoms with E-state index in [9.17, 15) is 13.6 Å². The second-order valence-corrected chi connectivity index (χ2v) is 4.49. The minimum atomic E-state index is -0.451. The van der Waals surface area contributed by atoms with Gasteiger partial charge in [-0.3, -0.25) is 4.79 Å². The van der Waals surface area contributed by atoms with Crippen molar-refractivity contribution in [2.45, 2.75) is 25.7 Å². The quantitative estimate of drug-likeness (QED) is 0.878. The number of carbonyl (C=O) groups excluding carboxylic acids is 1. The summed E-state index contributed by atoms with van der Waals surface area (Å²) in [7, 11) is 0. The third kappa shape index (κ3) is 3.25. The van der Waals surface area contributed by atoms with E-state index in [4.69, 9.17) is 0 Å². The molecule has 1 aliphatic carbocycles. The Labute approximate surface area is 99.0 Å². The highest BCUT2D eigenvalue weighted by Gasteiger charge is 2.18. The van der Waals surface area contributed by atoms with Crippen molar-refractivity contribution in [3.63, 3.8) is 0 Å². The molecular formula is C13H15F2NO. The van der Waals surface area contributed by atoms with Crippen molar-refractivity contribution in [3.8, 4) is 0 Å². The van der Waals surface area contributed by atoms with Gasteiger partial charge in [0.25, 0.3) is 0 Å². The van der Waals surface area contributed by atoms with E-state index in [0.717, 1.165) is 31.0 Å². The molecule has 2 nitrogen and oxygen atoms in total. The van der Waals surface area contributed by atoms with Crippen molar-refractivity contribution in [2.24, 2.45) is 5.92 Å². The van der Waals surface area contributed by atoms with Crippen LogP contribution in [0.15, 0.2) is 18.2 Å². The standard InChI is InChI=1S/C13H15F2NO/c14-10-3-6-12(15)13(7-10)16-8-9-1-4-11(17)5-2-9/h3,6-7,9,16H,1-2,4-5,8H2. The van der Waals surface area contributed by atoms with Crippen LogP contribution in [0.1, 0.15) is 25.7 Å². The van der Waals surface area contributed by atoms with Crippen LogP contribution in [0.5, 0.6) is 0 Å². The summed E-state index contributed by atoms with van der Waals surface area (Å²) in [5.41, 5.74) is 0.196. The molecule has 4 heteroatoms. The molecule has 1 saturated carbocycles. The van der Waals surface area contributed by atoms with Crippen LogP contribution >= 0.6 is 0 Å². The molecule has 1 fully saturated rings. The van der Waals surface area contributed by atoms with Gasteiger partial charge in [-0.1, -0.05) is 0 Å². The molecule has 0 atom stereocenters. The smallest absolute Gasteiger partial charge is 0.146 e. The summed E-state index contributed by atoms with van der Waals surface area (Å²) in [6.45, 7) is 0.591. The van der Waals surface area contributed by atoms with Crippen LogP contribution in [0.4, 0.5) is 14.5 Å². The lowest BCUT2D eigenvalue weighted by atomic mass is 9.88. The number of ketones is 1. The fourth-order valence-corrected chi connectivity index (χ4v) is 2.09. The molecule has 0 radical (unpaired) electrons. The van der Waals surface area contributed by atoms with E-state index in [1.54, 1.807) is 0 Å². The van der Waals surface area contributed by atoms with Gasteiger partial charge in [0.1, 0.15) is 17.4 Å². The maximum absolute atomic E-state index is 13.3. The fourth-order valence-electron chi connectivity index (χ4n) is 2.09. The number of anilines is 1. The second-order valence-electron chi connectivity index (χ2n) is 4.49. The predicted octanol–water partition coefficient (Wildman–Crippen LogP) is 3.14. The molecule has 1 aromatic carbocycles. The molecule has 92 valence electrons. The van der Waals surface area contributed by atoms with Gasteiger partial charge < -0.3 is 5.32 Å². The molecule has 1 N–H and O–H groups in total. The zero-order valence-electron chi connectivity index (χ0n) is 9.51. The Morgan fingerprint density at radius 2 is 1.94 bits per heavy atom. The Hall–Kier alpha value is -1.45. The van der Waals surface area contributed by atoms with Gasteiger partial charge in [0, 0.05) is 19.4 Å². The number of benzene rings is 1. The number of hydrogen-bond donors (Lipinski definition) is 1. The molecule has 0 spiro atoms. The average Bonchev–Trinajstić information content (AvgIpc) is 2.32. The number of hydrogen-bond acceptors (Lipinski definition) is 2. The van der Waals surface area contributed by atoms with E-state index < -0.39 is 11.6 Å². The minimum Gasteiger partial charge on any atom is -0.382 e. The van der Waals surface area contributed by atoms with Gasteiger partial charge in [0.15, 0.2) is 0 Å². The second kappa shape index (κ2) is 5.25. The van der Waals surface area contributed by atoms with E-state index in [1.807, 2.05) is 0 Å². The van der Waals surface area contributed by atoms with Gasteiger partial charge in [-0.25, -0.2) is 8.78 Å². The predicted molar refractivity (Wildman–Crippen MR) is 61.8 cm³/mol. The van der Waals surface area contributed by atoms with Crippen LogP contribution in [-0.4, -0.2) is 12.3 Å². The van der Waals surface area contributed by atoms with Crippen LogP contribution in [0.3, 0.4) is 0 Å². The van der Waals surface area contributed by atoms with E-state index in [0.29, 0.717) is 31.1 Å². The molecule has 17 heavy (non-hydrogen) atoms. The Balaban J connectivity index is 1.89. The van der Waals surface area contributed by atoms with Gasteiger partial charge in [-0.15, -0.1) is 0 Å². The first-order chi connectivity index (χ1) is 8.15. The summed E-state index contributed by atoms with van der Waals surface area (Å²) in [6.07, 6.45) is 2.89. The number of nitrogens with one attached hydrogen (secondary N) is 1. The normalized spacial score (nSPS) is 17.2. The third-order valence-corrected chi connectivity index (χ3v) is 3.17. The van der Waals surface area contributed by atoms with Crippen molar-refractivity contribution in [3.05, 3.63) is 29.8 Å². The summed E-state index contributed by atoms with van der Waals surface area (Å²) in [4.78, 5) is 11.1. The van der Waals surface area contributed by atoms with E-state index in [-0.39, 0.29) is 5.69 Å². The molecule has 0 unspecified atom stereocenters. The Bertz CT molecular complexity index is 410. The zero-order chi connectivity index (χ0) is 12.3. The first-order valence-electron chi connectivity index (χ1n) is 5.86. The van der Waals surface area contributed by atoms with Crippen molar-refractivity contribution in [2.75, 3.05) is 11.9 Å². The zero-order valence-corrected chi connectivity index (χ0v) is 9.51. The van der Waals surface area contributed by atoms with E-state index in [2.05, 4.69) is 5.32 Å². The monoisotopic (exact) mass is 239 g/mol. The van der Waals surface area contributed by atoms with Crippen LogP contribution in [-0.2, 0) is 4.79 Å². The molecule has 0 heterocycles. The van der Waals surface area contributed by atoms with Gasteiger partial charge >= 0.3 is 0 Å².